The van der Waals surface area contributed by atoms with Crippen LogP contribution in [0, 0.1) is 6.92 Å². The van der Waals surface area contributed by atoms with Gasteiger partial charge in [-0.1, -0.05) is 42.5 Å². The first-order chi connectivity index (χ1) is 17.3. The summed E-state index contributed by atoms with van der Waals surface area (Å²) in [5, 5.41) is 21.4. The van der Waals surface area contributed by atoms with Crippen molar-refractivity contribution < 1.29 is 28.9 Å². The largest absolute Gasteiger partial charge is 0.478 e. The van der Waals surface area contributed by atoms with Gasteiger partial charge in [0.05, 0.1) is 23.2 Å². The zero-order valence-electron chi connectivity index (χ0n) is 19.1. The van der Waals surface area contributed by atoms with Gasteiger partial charge in [-0.15, -0.1) is 0 Å². The SMILES string of the molecule is Cc1ccc(OC2=NC3C=C(c4ccc(-c5ccc(C(=O)O)cc5)cc4)C(F)=CC3N2)cc1C(=O)O. The smallest absolute Gasteiger partial charge is 0.336 e. The predicted molar refractivity (Wildman–Crippen MR) is 133 cm³/mol. The van der Waals surface area contributed by atoms with E-state index in [2.05, 4.69) is 10.3 Å². The second-order valence-electron chi connectivity index (χ2n) is 8.53. The van der Waals surface area contributed by atoms with Gasteiger partial charge in [0.25, 0.3) is 6.02 Å². The molecule has 5 rings (SSSR count). The van der Waals surface area contributed by atoms with Crippen molar-refractivity contribution in [1.82, 2.24) is 5.32 Å². The summed E-state index contributed by atoms with van der Waals surface area (Å²) in [7, 11) is 0. The van der Waals surface area contributed by atoms with Crippen molar-refractivity contribution in [2.24, 2.45) is 4.99 Å². The van der Waals surface area contributed by atoms with E-state index in [1.54, 1.807) is 49.4 Å². The highest BCUT2D eigenvalue weighted by molar-refractivity contribution is 5.91. The van der Waals surface area contributed by atoms with Crippen molar-refractivity contribution in [3.8, 4) is 16.9 Å². The molecule has 2 aliphatic rings. The Morgan fingerprint density at radius 1 is 0.889 bits per heavy atom. The second kappa shape index (κ2) is 9.14. The number of rotatable bonds is 5. The zero-order chi connectivity index (χ0) is 25.4. The summed E-state index contributed by atoms with van der Waals surface area (Å²) in [6.45, 7) is 1.70. The van der Waals surface area contributed by atoms with E-state index in [1.807, 2.05) is 24.3 Å². The number of nitrogens with one attached hydrogen (secondary N) is 1. The Morgan fingerprint density at radius 2 is 1.53 bits per heavy atom. The van der Waals surface area contributed by atoms with Gasteiger partial charge in [-0.3, -0.25) is 0 Å². The highest BCUT2D eigenvalue weighted by Crippen LogP contribution is 2.33. The van der Waals surface area contributed by atoms with Gasteiger partial charge in [-0.25, -0.2) is 19.0 Å². The molecule has 2 unspecified atom stereocenters. The van der Waals surface area contributed by atoms with E-state index in [9.17, 15) is 19.1 Å². The number of carboxylic acids is 2. The fourth-order valence-electron chi connectivity index (χ4n) is 4.20. The lowest BCUT2D eigenvalue weighted by molar-refractivity contribution is 0.0685. The fraction of sp³-hybridized carbons (Fsp3) is 0.107. The molecule has 180 valence electrons. The van der Waals surface area contributed by atoms with Crippen LogP contribution in [0.5, 0.6) is 5.75 Å². The van der Waals surface area contributed by atoms with E-state index in [4.69, 9.17) is 9.84 Å². The summed E-state index contributed by atoms with van der Waals surface area (Å²) in [6.07, 6.45) is 3.19. The van der Waals surface area contributed by atoms with Gasteiger partial charge < -0.3 is 20.3 Å². The molecule has 0 saturated carbocycles. The normalized spacial score (nSPS) is 18.3. The minimum absolute atomic E-state index is 0.137. The number of aromatic carboxylic acids is 2. The quantitative estimate of drug-likeness (QED) is 0.466. The maximum Gasteiger partial charge on any atom is 0.336 e. The summed E-state index contributed by atoms with van der Waals surface area (Å²) < 4.78 is 20.7. The minimum Gasteiger partial charge on any atom is -0.478 e. The summed E-state index contributed by atoms with van der Waals surface area (Å²) in [4.78, 5) is 26.9. The number of halogens is 1. The molecule has 36 heavy (non-hydrogen) atoms. The summed E-state index contributed by atoms with van der Waals surface area (Å²) in [6, 6.07) is 18.0. The van der Waals surface area contributed by atoms with E-state index in [-0.39, 0.29) is 29.0 Å². The Kier molecular flexibility index (Phi) is 5.85. The Labute approximate surface area is 205 Å². The highest BCUT2D eigenvalue weighted by Gasteiger charge is 2.32. The number of fused-ring (bicyclic) bond motifs is 1. The van der Waals surface area contributed by atoms with Crippen molar-refractivity contribution in [1.29, 1.82) is 0 Å². The number of aliphatic imine (C=N–C) groups is 1. The van der Waals surface area contributed by atoms with Gasteiger partial charge in [0.1, 0.15) is 11.6 Å². The number of benzene rings is 3. The molecule has 0 amide bonds. The molecule has 7 nitrogen and oxygen atoms in total. The Balaban J connectivity index is 1.34. The molecule has 3 aromatic carbocycles. The number of carbonyl (C=O) groups is 2. The standard InChI is InChI=1S/C28H21FN2O5/c1-15-2-11-20(12-21(15)27(34)35)36-28-30-24-13-22(23(29)14-25(24)31-28)18-7-3-16(4-8-18)17-5-9-19(10-6-17)26(32)33/h2-14,24-25H,1H3,(H,30,31)(H,32,33)(H,34,35). The molecule has 1 heterocycles. The highest BCUT2D eigenvalue weighted by atomic mass is 19.1. The van der Waals surface area contributed by atoms with Crippen LogP contribution in [0.25, 0.3) is 16.7 Å². The maximum atomic E-state index is 15.0. The number of nitrogens with zero attached hydrogens (tertiary/aromatic N) is 1. The monoisotopic (exact) mass is 484 g/mol. The third kappa shape index (κ3) is 4.48. The molecule has 3 N–H and O–H groups in total. The molecule has 0 saturated heterocycles. The van der Waals surface area contributed by atoms with Crippen molar-refractivity contribution in [2.75, 3.05) is 0 Å². The molecular formula is C28H21FN2O5. The Morgan fingerprint density at radius 3 is 2.17 bits per heavy atom. The number of hydrogen-bond acceptors (Lipinski definition) is 5. The number of hydrogen-bond donors (Lipinski definition) is 3. The van der Waals surface area contributed by atoms with E-state index in [1.165, 1.54) is 12.1 Å². The van der Waals surface area contributed by atoms with Gasteiger partial charge in [0.15, 0.2) is 0 Å². The first-order valence-electron chi connectivity index (χ1n) is 11.2. The summed E-state index contributed by atoms with van der Waals surface area (Å²) in [5.74, 6) is -2.09. The number of aryl methyl sites for hydroxylation is 1. The number of allylic oxidation sites excluding steroid dienone is 2. The Hall–Kier alpha value is -4.72. The molecule has 8 heteroatoms. The van der Waals surface area contributed by atoms with Gasteiger partial charge in [-0.05, 0) is 65.6 Å². The van der Waals surface area contributed by atoms with Crippen LogP contribution in [-0.4, -0.2) is 40.3 Å². The fourth-order valence-corrected chi connectivity index (χ4v) is 4.20. The molecule has 0 bridgehead atoms. The third-order valence-corrected chi connectivity index (χ3v) is 6.16. The first kappa shape index (κ1) is 23.0. The van der Waals surface area contributed by atoms with Crippen LogP contribution in [0.15, 0.2) is 89.7 Å². The lowest BCUT2D eigenvalue weighted by Crippen LogP contribution is -2.36. The van der Waals surface area contributed by atoms with E-state index >= 15 is 0 Å². The van der Waals surface area contributed by atoms with E-state index in [0.717, 1.165) is 11.1 Å². The van der Waals surface area contributed by atoms with Crippen LogP contribution < -0.4 is 10.1 Å². The molecule has 3 aromatic rings. The first-order valence-corrected chi connectivity index (χ1v) is 11.2. The van der Waals surface area contributed by atoms with Crippen LogP contribution >= 0.6 is 0 Å². The van der Waals surface area contributed by atoms with Gasteiger partial charge >= 0.3 is 11.9 Å². The van der Waals surface area contributed by atoms with Crippen molar-refractivity contribution >= 4 is 23.5 Å². The molecule has 1 aliphatic heterocycles. The third-order valence-electron chi connectivity index (χ3n) is 6.16. The molecule has 0 radical (unpaired) electrons. The molecular weight excluding hydrogens is 463 g/mol. The van der Waals surface area contributed by atoms with Crippen molar-refractivity contribution in [3.05, 3.63) is 107 Å². The minimum atomic E-state index is -1.05. The topological polar surface area (TPSA) is 108 Å². The number of amidine groups is 1. The lowest BCUT2D eigenvalue weighted by Gasteiger charge is -2.19. The van der Waals surface area contributed by atoms with Crippen LogP contribution in [0.2, 0.25) is 0 Å². The van der Waals surface area contributed by atoms with Crippen LogP contribution in [0.4, 0.5) is 4.39 Å². The zero-order valence-corrected chi connectivity index (χ0v) is 19.1. The van der Waals surface area contributed by atoms with Gasteiger partial charge in [0, 0.05) is 5.57 Å². The molecule has 0 spiro atoms. The summed E-state index contributed by atoms with van der Waals surface area (Å²) >= 11 is 0. The van der Waals surface area contributed by atoms with Crippen LogP contribution in [-0.2, 0) is 0 Å². The van der Waals surface area contributed by atoms with Gasteiger partial charge in [0.2, 0.25) is 0 Å². The summed E-state index contributed by atoms with van der Waals surface area (Å²) in [5.41, 5.74) is 3.80. The van der Waals surface area contributed by atoms with E-state index < -0.39 is 18.0 Å². The molecule has 0 aromatic heterocycles. The van der Waals surface area contributed by atoms with E-state index in [0.29, 0.717) is 22.4 Å². The predicted octanol–water partition coefficient (Wildman–Crippen LogP) is 5.08. The maximum absolute atomic E-state index is 15.0. The number of carboxylic acid groups (broad SMARTS) is 2. The van der Waals surface area contributed by atoms with Gasteiger partial charge in [-0.2, -0.15) is 0 Å². The average molecular weight is 484 g/mol. The lowest BCUT2D eigenvalue weighted by atomic mass is 9.92. The molecule has 0 fully saturated rings. The van der Waals surface area contributed by atoms with Crippen LogP contribution in [0.1, 0.15) is 31.8 Å². The van der Waals surface area contributed by atoms with Crippen LogP contribution in [0.3, 0.4) is 0 Å². The number of ether oxygens (including phenoxy) is 1. The average Bonchev–Trinajstić information content (AvgIpc) is 3.25. The van der Waals surface area contributed by atoms with Crippen molar-refractivity contribution in [3.63, 3.8) is 0 Å². The molecule has 2 atom stereocenters. The Bertz CT molecular complexity index is 1460. The molecule has 1 aliphatic carbocycles. The second-order valence-corrected chi connectivity index (χ2v) is 8.53. The van der Waals surface area contributed by atoms with Crippen molar-refractivity contribution in [2.45, 2.75) is 19.0 Å².